The average molecular weight is 274 g/mol. The molecule has 1 aliphatic heterocycles. The lowest BCUT2D eigenvalue weighted by molar-refractivity contribution is -0.130. The lowest BCUT2D eigenvalue weighted by Gasteiger charge is -2.27. The molecule has 1 aromatic rings. The number of hydrogen-bond donors (Lipinski definition) is 1. The smallest absolute Gasteiger partial charge is 0.222 e. The zero-order valence-electron chi connectivity index (χ0n) is 12.6. The molecule has 1 amide bonds. The summed E-state index contributed by atoms with van der Waals surface area (Å²) in [5.41, 5.74) is 7.42. The van der Waals surface area contributed by atoms with Gasteiger partial charge in [-0.15, -0.1) is 0 Å². The van der Waals surface area contributed by atoms with Gasteiger partial charge in [0.25, 0.3) is 0 Å². The number of nitrogens with two attached hydrogens (primary N) is 1. The number of likely N-dealkylation sites (tertiary alicyclic amines) is 1. The molecule has 0 bridgehead atoms. The molecule has 0 spiro atoms. The van der Waals surface area contributed by atoms with Crippen LogP contribution in [0.3, 0.4) is 0 Å². The van der Waals surface area contributed by atoms with E-state index in [2.05, 4.69) is 26.0 Å². The van der Waals surface area contributed by atoms with E-state index in [0.29, 0.717) is 13.0 Å². The Bertz CT molecular complexity index is 442. The highest BCUT2D eigenvalue weighted by molar-refractivity contribution is 5.76. The molecule has 0 saturated carbocycles. The van der Waals surface area contributed by atoms with Crippen LogP contribution in [-0.4, -0.2) is 30.4 Å². The van der Waals surface area contributed by atoms with Gasteiger partial charge in [0.15, 0.2) is 0 Å². The third-order valence-corrected chi connectivity index (χ3v) is 4.42. The van der Waals surface area contributed by atoms with Crippen LogP contribution in [0.2, 0.25) is 0 Å². The lowest BCUT2D eigenvalue weighted by atomic mass is 9.85. The van der Waals surface area contributed by atoms with Crippen molar-refractivity contribution in [2.75, 3.05) is 19.6 Å². The molecule has 110 valence electrons. The molecule has 1 heterocycles. The summed E-state index contributed by atoms with van der Waals surface area (Å²) >= 11 is 0. The Morgan fingerprint density at radius 2 is 1.95 bits per heavy atom. The summed E-state index contributed by atoms with van der Waals surface area (Å²) in [6.07, 6.45) is 2.73. The molecule has 1 aromatic carbocycles. The van der Waals surface area contributed by atoms with Gasteiger partial charge in [0.05, 0.1) is 0 Å². The van der Waals surface area contributed by atoms with Crippen molar-refractivity contribution in [3.05, 3.63) is 35.9 Å². The van der Waals surface area contributed by atoms with E-state index in [0.717, 1.165) is 25.9 Å². The third-order valence-electron chi connectivity index (χ3n) is 4.42. The quantitative estimate of drug-likeness (QED) is 0.917. The van der Waals surface area contributed by atoms with Crippen molar-refractivity contribution in [3.63, 3.8) is 0 Å². The minimum Gasteiger partial charge on any atom is -0.342 e. The van der Waals surface area contributed by atoms with E-state index in [-0.39, 0.29) is 17.2 Å². The minimum atomic E-state index is 0.237. The molecule has 2 rings (SSSR count). The minimum absolute atomic E-state index is 0.237. The van der Waals surface area contributed by atoms with Crippen LogP contribution in [0.5, 0.6) is 0 Å². The molecule has 3 heteroatoms. The van der Waals surface area contributed by atoms with Crippen LogP contribution in [0.4, 0.5) is 0 Å². The van der Waals surface area contributed by atoms with E-state index >= 15 is 0 Å². The molecule has 2 N–H and O–H groups in total. The molecule has 0 radical (unpaired) electrons. The van der Waals surface area contributed by atoms with Crippen molar-refractivity contribution in [1.82, 2.24) is 4.90 Å². The Labute approximate surface area is 122 Å². The highest BCUT2D eigenvalue weighted by Gasteiger charge is 2.28. The van der Waals surface area contributed by atoms with Gasteiger partial charge >= 0.3 is 0 Å². The Morgan fingerprint density at radius 1 is 1.25 bits per heavy atom. The molecule has 0 aromatic heterocycles. The first-order chi connectivity index (χ1) is 9.52. The van der Waals surface area contributed by atoms with Crippen molar-refractivity contribution in [3.8, 4) is 0 Å². The van der Waals surface area contributed by atoms with E-state index in [1.54, 1.807) is 0 Å². The van der Waals surface area contributed by atoms with Gasteiger partial charge in [-0.05, 0) is 23.8 Å². The van der Waals surface area contributed by atoms with Crippen molar-refractivity contribution < 1.29 is 4.79 Å². The Hall–Kier alpha value is -1.35. The number of carbonyl (C=O) groups is 1. The number of carbonyl (C=O) groups excluding carboxylic acids is 1. The van der Waals surface area contributed by atoms with Gasteiger partial charge in [-0.25, -0.2) is 0 Å². The van der Waals surface area contributed by atoms with Gasteiger partial charge in [-0.2, -0.15) is 0 Å². The molecular formula is C17H26N2O. The largest absolute Gasteiger partial charge is 0.342 e. The summed E-state index contributed by atoms with van der Waals surface area (Å²) in [5.74, 6) is 0.520. The molecule has 1 aliphatic rings. The fourth-order valence-corrected chi connectivity index (χ4v) is 2.79. The monoisotopic (exact) mass is 274 g/mol. The van der Waals surface area contributed by atoms with E-state index in [1.807, 2.05) is 23.1 Å². The first kappa shape index (κ1) is 15.0. The fourth-order valence-electron chi connectivity index (χ4n) is 2.79. The number of rotatable bonds is 4. The standard InChI is InChI=1S/C17H26N2O/c1-17(2)9-8-16(20)19(11-10-17)13-15(12-18)14-6-4-3-5-7-14/h3-7,15H,8-13,18H2,1-2H3. The second-order valence-corrected chi connectivity index (χ2v) is 6.60. The summed E-state index contributed by atoms with van der Waals surface area (Å²) in [5, 5.41) is 0. The van der Waals surface area contributed by atoms with Gasteiger partial charge in [0.1, 0.15) is 0 Å². The second-order valence-electron chi connectivity index (χ2n) is 6.60. The summed E-state index contributed by atoms with van der Waals surface area (Å²) in [6.45, 7) is 6.69. The number of amides is 1. The van der Waals surface area contributed by atoms with E-state index in [4.69, 9.17) is 5.73 Å². The van der Waals surface area contributed by atoms with Crippen LogP contribution < -0.4 is 5.73 Å². The maximum atomic E-state index is 12.3. The predicted octanol–water partition coefficient (Wildman–Crippen LogP) is 2.77. The van der Waals surface area contributed by atoms with E-state index in [9.17, 15) is 4.79 Å². The van der Waals surface area contributed by atoms with Gasteiger partial charge < -0.3 is 10.6 Å². The van der Waals surface area contributed by atoms with Gasteiger partial charge in [0, 0.05) is 32.0 Å². The average Bonchev–Trinajstić information content (AvgIpc) is 2.58. The first-order valence-corrected chi connectivity index (χ1v) is 7.54. The Morgan fingerprint density at radius 3 is 2.60 bits per heavy atom. The van der Waals surface area contributed by atoms with Crippen molar-refractivity contribution in [1.29, 1.82) is 0 Å². The van der Waals surface area contributed by atoms with Crippen molar-refractivity contribution >= 4 is 5.91 Å². The van der Waals surface area contributed by atoms with Gasteiger partial charge in [0.2, 0.25) is 5.91 Å². The van der Waals surface area contributed by atoms with Crippen LogP contribution in [0.1, 0.15) is 44.6 Å². The highest BCUT2D eigenvalue weighted by Crippen LogP contribution is 2.31. The Kier molecular flexibility index (Phi) is 4.81. The summed E-state index contributed by atoms with van der Waals surface area (Å²) in [7, 11) is 0. The third kappa shape index (κ3) is 3.83. The first-order valence-electron chi connectivity index (χ1n) is 7.54. The molecule has 20 heavy (non-hydrogen) atoms. The van der Waals surface area contributed by atoms with Crippen LogP contribution in [0.15, 0.2) is 30.3 Å². The summed E-state index contributed by atoms with van der Waals surface area (Å²) in [6, 6.07) is 10.3. The fraction of sp³-hybridized carbons (Fsp3) is 0.588. The molecule has 3 nitrogen and oxygen atoms in total. The second kappa shape index (κ2) is 6.40. The zero-order valence-corrected chi connectivity index (χ0v) is 12.6. The van der Waals surface area contributed by atoms with Gasteiger partial charge in [-0.3, -0.25) is 4.79 Å². The number of benzene rings is 1. The molecule has 1 unspecified atom stereocenters. The van der Waals surface area contributed by atoms with Crippen LogP contribution >= 0.6 is 0 Å². The van der Waals surface area contributed by atoms with Crippen LogP contribution in [-0.2, 0) is 4.79 Å². The molecule has 0 aliphatic carbocycles. The normalized spacial score (nSPS) is 20.6. The number of hydrogen-bond acceptors (Lipinski definition) is 2. The predicted molar refractivity (Wildman–Crippen MR) is 82.4 cm³/mol. The topological polar surface area (TPSA) is 46.3 Å². The van der Waals surface area contributed by atoms with E-state index in [1.165, 1.54) is 5.56 Å². The molecular weight excluding hydrogens is 248 g/mol. The van der Waals surface area contributed by atoms with E-state index < -0.39 is 0 Å². The highest BCUT2D eigenvalue weighted by atomic mass is 16.2. The van der Waals surface area contributed by atoms with Crippen molar-refractivity contribution in [2.24, 2.45) is 11.1 Å². The van der Waals surface area contributed by atoms with Crippen molar-refractivity contribution in [2.45, 2.75) is 39.0 Å². The summed E-state index contributed by atoms with van der Waals surface area (Å²) < 4.78 is 0. The summed E-state index contributed by atoms with van der Waals surface area (Å²) in [4.78, 5) is 14.3. The Balaban J connectivity index is 2.05. The maximum Gasteiger partial charge on any atom is 0.222 e. The SMILES string of the molecule is CC1(C)CCC(=O)N(CC(CN)c2ccccc2)CC1. The number of nitrogens with zero attached hydrogens (tertiary/aromatic N) is 1. The van der Waals surface area contributed by atoms with Crippen LogP contribution in [0.25, 0.3) is 0 Å². The lowest BCUT2D eigenvalue weighted by Crippen LogP contribution is -2.36. The molecule has 1 fully saturated rings. The zero-order chi connectivity index (χ0) is 14.6. The van der Waals surface area contributed by atoms with Gasteiger partial charge in [-0.1, -0.05) is 44.2 Å². The molecule has 1 atom stereocenters. The van der Waals surface area contributed by atoms with Crippen LogP contribution in [0, 0.1) is 5.41 Å². The maximum absolute atomic E-state index is 12.3. The molecule has 1 saturated heterocycles.